The van der Waals surface area contributed by atoms with Crippen LogP contribution in [0.5, 0.6) is 0 Å². The Morgan fingerprint density at radius 2 is 2.06 bits per heavy atom. The van der Waals surface area contributed by atoms with Crippen molar-refractivity contribution in [1.82, 2.24) is 10.3 Å². The second kappa shape index (κ2) is 5.93. The number of hydrogen-bond donors (Lipinski definition) is 2. The summed E-state index contributed by atoms with van der Waals surface area (Å²) in [5.74, 6) is -0.155. The molecule has 1 aromatic carbocycles. The van der Waals surface area contributed by atoms with Gasteiger partial charge in [0.25, 0.3) is 5.91 Å². The number of nitrogens with zero attached hydrogens (tertiary/aromatic N) is 1. The molecule has 0 aliphatic heterocycles. The minimum Gasteiger partial charge on any atom is -0.392 e. The summed E-state index contributed by atoms with van der Waals surface area (Å²) in [6.45, 7) is 0.436. The maximum atomic E-state index is 11.8. The van der Waals surface area contributed by atoms with Crippen LogP contribution in [0.4, 0.5) is 0 Å². The molecule has 2 N–H and O–H groups in total. The van der Waals surface area contributed by atoms with E-state index in [1.165, 1.54) is 6.20 Å². The lowest BCUT2D eigenvalue weighted by Crippen LogP contribution is -2.22. The molecule has 18 heavy (non-hydrogen) atoms. The predicted molar refractivity (Wildman–Crippen MR) is 67.8 cm³/mol. The molecule has 0 saturated carbocycles. The Kier molecular flexibility index (Phi) is 4.04. The molecule has 1 heterocycles. The number of benzene rings is 1. The molecule has 1 amide bonds. The van der Waals surface area contributed by atoms with E-state index in [0.717, 1.165) is 11.1 Å². The van der Waals surface area contributed by atoms with Gasteiger partial charge in [0, 0.05) is 18.9 Å². The molecule has 2 aromatic rings. The van der Waals surface area contributed by atoms with Gasteiger partial charge in [-0.3, -0.25) is 9.78 Å². The third-order valence-electron chi connectivity index (χ3n) is 2.55. The topological polar surface area (TPSA) is 62.2 Å². The third-order valence-corrected chi connectivity index (χ3v) is 2.55. The molecule has 0 aliphatic carbocycles. The zero-order chi connectivity index (χ0) is 12.8. The van der Waals surface area contributed by atoms with Crippen molar-refractivity contribution < 1.29 is 9.90 Å². The Balaban J connectivity index is 1.97. The van der Waals surface area contributed by atoms with Crippen molar-refractivity contribution in [1.29, 1.82) is 0 Å². The SMILES string of the molecule is O=C(NCc1cccc(CO)c1)c1cccnc1. The fourth-order valence-corrected chi connectivity index (χ4v) is 1.62. The molecule has 0 saturated heterocycles. The van der Waals surface area contributed by atoms with Gasteiger partial charge in [0.05, 0.1) is 12.2 Å². The first kappa shape index (κ1) is 12.3. The van der Waals surface area contributed by atoms with Crippen LogP contribution in [0.25, 0.3) is 0 Å². The van der Waals surface area contributed by atoms with Crippen LogP contribution in [0, 0.1) is 0 Å². The van der Waals surface area contributed by atoms with E-state index in [9.17, 15) is 4.79 Å². The molecule has 0 bridgehead atoms. The van der Waals surface area contributed by atoms with Crippen molar-refractivity contribution in [2.75, 3.05) is 0 Å². The summed E-state index contributed by atoms with van der Waals surface area (Å²) >= 11 is 0. The molecule has 0 spiro atoms. The van der Waals surface area contributed by atoms with Crippen molar-refractivity contribution in [3.8, 4) is 0 Å². The highest BCUT2D eigenvalue weighted by atomic mass is 16.3. The summed E-state index contributed by atoms with van der Waals surface area (Å²) in [4.78, 5) is 15.7. The van der Waals surface area contributed by atoms with Crippen molar-refractivity contribution >= 4 is 5.91 Å². The molecule has 0 unspecified atom stereocenters. The van der Waals surface area contributed by atoms with Crippen LogP contribution in [-0.2, 0) is 13.2 Å². The summed E-state index contributed by atoms with van der Waals surface area (Å²) < 4.78 is 0. The van der Waals surface area contributed by atoms with E-state index in [1.54, 1.807) is 18.3 Å². The Morgan fingerprint density at radius 1 is 1.22 bits per heavy atom. The third kappa shape index (κ3) is 3.15. The number of aromatic nitrogens is 1. The van der Waals surface area contributed by atoms with Crippen LogP contribution < -0.4 is 5.32 Å². The average molecular weight is 242 g/mol. The van der Waals surface area contributed by atoms with E-state index >= 15 is 0 Å². The highest BCUT2D eigenvalue weighted by Crippen LogP contribution is 2.05. The molecule has 4 heteroatoms. The van der Waals surface area contributed by atoms with Gasteiger partial charge in [0.2, 0.25) is 0 Å². The van der Waals surface area contributed by atoms with Crippen LogP contribution in [0.3, 0.4) is 0 Å². The van der Waals surface area contributed by atoms with Crippen molar-refractivity contribution in [3.05, 3.63) is 65.5 Å². The van der Waals surface area contributed by atoms with Crippen LogP contribution in [0.15, 0.2) is 48.8 Å². The lowest BCUT2D eigenvalue weighted by atomic mass is 10.1. The summed E-state index contributed by atoms with van der Waals surface area (Å²) in [6, 6.07) is 10.9. The fourth-order valence-electron chi connectivity index (χ4n) is 1.62. The van der Waals surface area contributed by atoms with Gasteiger partial charge in [-0.1, -0.05) is 24.3 Å². The monoisotopic (exact) mass is 242 g/mol. The summed E-state index contributed by atoms with van der Waals surface area (Å²) in [6.07, 6.45) is 3.15. The van der Waals surface area contributed by atoms with Gasteiger partial charge >= 0.3 is 0 Å². The minimum atomic E-state index is -0.155. The second-order valence-electron chi connectivity index (χ2n) is 3.90. The molecule has 0 fully saturated rings. The van der Waals surface area contributed by atoms with Crippen LogP contribution in [-0.4, -0.2) is 16.0 Å². The lowest BCUT2D eigenvalue weighted by molar-refractivity contribution is 0.0950. The quantitative estimate of drug-likeness (QED) is 0.854. The Morgan fingerprint density at radius 3 is 2.78 bits per heavy atom. The van der Waals surface area contributed by atoms with Crippen molar-refractivity contribution in [2.45, 2.75) is 13.2 Å². The minimum absolute atomic E-state index is 0.00436. The highest BCUT2D eigenvalue weighted by Gasteiger charge is 2.04. The molecule has 0 atom stereocenters. The summed E-state index contributed by atoms with van der Waals surface area (Å²) in [7, 11) is 0. The van der Waals surface area contributed by atoms with E-state index in [4.69, 9.17) is 5.11 Å². The van der Waals surface area contributed by atoms with Crippen molar-refractivity contribution in [3.63, 3.8) is 0 Å². The van der Waals surface area contributed by atoms with Crippen LogP contribution in [0.1, 0.15) is 21.5 Å². The number of pyridine rings is 1. The summed E-state index contributed by atoms with van der Waals surface area (Å²) in [5.41, 5.74) is 2.33. The fraction of sp³-hybridized carbons (Fsp3) is 0.143. The Hall–Kier alpha value is -2.20. The molecular weight excluding hydrogens is 228 g/mol. The maximum absolute atomic E-state index is 11.8. The first-order valence-corrected chi connectivity index (χ1v) is 5.66. The largest absolute Gasteiger partial charge is 0.392 e. The van der Waals surface area contributed by atoms with E-state index in [0.29, 0.717) is 12.1 Å². The standard InChI is InChI=1S/C14H14N2O2/c17-10-12-4-1-3-11(7-12)8-16-14(18)13-5-2-6-15-9-13/h1-7,9,17H,8,10H2,(H,16,18). The van der Waals surface area contributed by atoms with Gasteiger partial charge in [-0.15, -0.1) is 0 Å². The number of carbonyl (C=O) groups is 1. The maximum Gasteiger partial charge on any atom is 0.253 e. The van der Waals surface area contributed by atoms with Gasteiger partial charge < -0.3 is 10.4 Å². The highest BCUT2D eigenvalue weighted by molar-refractivity contribution is 5.93. The van der Waals surface area contributed by atoms with Crippen LogP contribution in [0.2, 0.25) is 0 Å². The average Bonchev–Trinajstić information content (AvgIpc) is 2.46. The lowest BCUT2D eigenvalue weighted by Gasteiger charge is -2.06. The molecule has 2 rings (SSSR count). The number of rotatable bonds is 4. The predicted octanol–water partition coefficient (Wildman–Crippen LogP) is 1.50. The van der Waals surface area contributed by atoms with Gasteiger partial charge in [0.15, 0.2) is 0 Å². The zero-order valence-electron chi connectivity index (χ0n) is 9.84. The Labute approximate surface area is 105 Å². The van der Waals surface area contributed by atoms with Crippen LogP contribution >= 0.6 is 0 Å². The normalized spacial score (nSPS) is 10.1. The molecule has 92 valence electrons. The number of aliphatic hydroxyl groups excluding tert-OH is 1. The van der Waals surface area contributed by atoms with E-state index in [-0.39, 0.29) is 12.5 Å². The molecule has 1 aromatic heterocycles. The smallest absolute Gasteiger partial charge is 0.253 e. The molecular formula is C14H14N2O2. The molecule has 0 radical (unpaired) electrons. The molecule has 4 nitrogen and oxygen atoms in total. The second-order valence-corrected chi connectivity index (χ2v) is 3.90. The van der Waals surface area contributed by atoms with E-state index in [2.05, 4.69) is 10.3 Å². The zero-order valence-corrected chi connectivity index (χ0v) is 9.84. The number of hydrogen-bond acceptors (Lipinski definition) is 3. The van der Waals surface area contributed by atoms with Gasteiger partial charge in [-0.25, -0.2) is 0 Å². The number of amides is 1. The van der Waals surface area contributed by atoms with Gasteiger partial charge in [-0.05, 0) is 23.3 Å². The van der Waals surface area contributed by atoms with Gasteiger partial charge in [0.1, 0.15) is 0 Å². The number of carbonyl (C=O) groups excluding carboxylic acids is 1. The first-order chi connectivity index (χ1) is 8.79. The number of nitrogens with one attached hydrogen (secondary N) is 1. The molecule has 0 aliphatic rings. The van der Waals surface area contributed by atoms with E-state index in [1.807, 2.05) is 24.3 Å². The van der Waals surface area contributed by atoms with Gasteiger partial charge in [-0.2, -0.15) is 0 Å². The summed E-state index contributed by atoms with van der Waals surface area (Å²) in [5, 5.41) is 11.8. The Bertz CT molecular complexity index is 526. The number of aliphatic hydroxyl groups is 1. The first-order valence-electron chi connectivity index (χ1n) is 5.66. The van der Waals surface area contributed by atoms with E-state index < -0.39 is 0 Å². The van der Waals surface area contributed by atoms with Crippen molar-refractivity contribution in [2.24, 2.45) is 0 Å².